The molecule has 0 spiro atoms. The highest BCUT2D eigenvalue weighted by atomic mass is 16.5. The zero-order valence-corrected chi connectivity index (χ0v) is 10.1. The molecule has 1 aromatic heterocycles. The minimum Gasteiger partial charge on any atom is -0.497 e. The Hall–Kier alpha value is -2.03. The number of nitrogens with two attached hydrogens (primary N) is 1. The quantitative estimate of drug-likeness (QED) is 0.878. The van der Waals surface area contributed by atoms with Crippen LogP contribution in [0.3, 0.4) is 0 Å². The minimum absolute atomic E-state index is 0.607. The van der Waals surface area contributed by atoms with Gasteiger partial charge < -0.3 is 10.5 Å². The van der Waals surface area contributed by atoms with Gasteiger partial charge in [-0.05, 0) is 48.2 Å². The van der Waals surface area contributed by atoms with E-state index < -0.39 is 0 Å². The average Bonchev–Trinajstić information content (AvgIpc) is 2.36. The zero-order chi connectivity index (χ0) is 12.3. The molecule has 3 nitrogen and oxygen atoms in total. The first kappa shape index (κ1) is 11.5. The summed E-state index contributed by atoms with van der Waals surface area (Å²) < 4.78 is 5.13. The van der Waals surface area contributed by atoms with E-state index >= 15 is 0 Å². The number of rotatable bonds is 3. The van der Waals surface area contributed by atoms with Gasteiger partial charge in [0.2, 0.25) is 0 Å². The second kappa shape index (κ2) is 4.87. The number of ether oxygens (including phenoxy) is 1. The van der Waals surface area contributed by atoms with Crippen molar-refractivity contribution in [2.24, 2.45) is 0 Å². The zero-order valence-electron chi connectivity index (χ0n) is 10.1. The highest BCUT2D eigenvalue weighted by Gasteiger charge is 2.03. The van der Waals surface area contributed by atoms with Gasteiger partial charge in [-0.3, -0.25) is 0 Å². The van der Waals surface area contributed by atoms with Gasteiger partial charge in [0.1, 0.15) is 11.6 Å². The van der Waals surface area contributed by atoms with E-state index in [1.165, 1.54) is 11.1 Å². The van der Waals surface area contributed by atoms with E-state index in [1.54, 1.807) is 13.3 Å². The summed E-state index contributed by atoms with van der Waals surface area (Å²) in [4.78, 5) is 4.07. The average molecular weight is 228 g/mol. The van der Waals surface area contributed by atoms with Crippen LogP contribution >= 0.6 is 0 Å². The third-order valence-electron chi connectivity index (χ3n) is 2.91. The molecule has 2 N–H and O–H groups in total. The summed E-state index contributed by atoms with van der Waals surface area (Å²) in [5.74, 6) is 1.48. The predicted octanol–water partition coefficient (Wildman–Crippen LogP) is 2.57. The molecular formula is C14H16N2O. The van der Waals surface area contributed by atoms with Gasteiger partial charge in [0, 0.05) is 6.20 Å². The summed E-state index contributed by atoms with van der Waals surface area (Å²) in [7, 11) is 1.67. The van der Waals surface area contributed by atoms with Crippen molar-refractivity contribution in [3.05, 3.63) is 53.2 Å². The number of nitrogen functional groups attached to an aromatic ring is 1. The molecule has 0 unspecified atom stereocenters. The molecule has 2 aromatic rings. The number of pyridine rings is 1. The van der Waals surface area contributed by atoms with Crippen LogP contribution in [-0.2, 0) is 6.42 Å². The third-order valence-corrected chi connectivity index (χ3v) is 2.91. The highest BCUT2D eigenvalue weighted by molar-refractivity contribution is 5.45. The van der Waals surface area contributed by atoms with Crippen molar-refractivity contribution < 1.29 is 4.74 Å². The van der Waals surface area contributed by atoms with Crippen LogP contribution in [0.4, 0.5) is 5.82 Å². The van der Waals surface area contributed by atoms with Crippen molar-refractivity contribution in [2.75, 3.05) is 12.8 Å². The summed E-state index contributed by atoms with van der Waals surface area (Å²) in [6.45, 7) is 2.00. The Kier molecular flexibility index (Phi) is 3.28. The molecular weight excluding hydrogens is 212 g/mol. The number of hydrogen-bond acceptors (Lipinski definition) is 3. The van der Waals surface area contributed by atoms with Gasteiger partial charge in [0.15, 0.2) is 0 Å². The van der Waals surface area contributed by atoms with E-state index in [1.807, 2.05) is 25.1 Å². The molecule has 17 heavy (non-hydrogen) atoms. The molecule has 88 valence electrons. The van der Waals surface area contributed by atoms with E-state index in [-0.39, 0.29) is 0 Å². The van der Waals surface area contributed by atoms with E-state index in [4.69, 9.17) is 10.5 Å². The largest absolute Gasteiger partial charge is 0.497 e. The van der Waals surface area contributed by atoms with Crippen LogP contribution < -0.4 is 10.5 Å². The number of methoxy groups -OCH3 is 1. The summed E-state index contributed by atoms with van der Waals surface area (Å²) in [6, 6.07) is 10.1. The fourth-order valence-electron chi connectivity index (χ4n) is 1.75. The van der Waals surface area contributed by atoms with E-state index in [9.17, 15) is 0 Å². The normalized spacial score (nSPS) is 10.2. The maximum Gasteiger partial charge on any atom is 0.126 e. The van der Waals surface area contributed by atoms with Gasteiger partial charge in [-0.1, -0.05) is 12.1 Å². The third kappa shape index (κ3) is 2.56. The Morgan fingerprint density at radius 3 is 2.53 bits per heavy atom. The number of hydrogen-bond donors (Lipinski definition) is 1. The van der Waals surface area contributed by atoms with Crippen molar-refractivity contribution in [3.8, 4) is 5.75 Å². The van der Waals surface area contributed by atoms with Gasteiger partial charge in [0.25, 0.3) is 0 Å². The van der Waals surface area contributed by atoms with Gasteiger partial charge >= 0.3 is 0 Å². The maximum atomic E-state index is 5.79. The van der Waals surface area contributed by atoms with E-state index in [0.29, 0.717) is 5.82 Å². The molecule has 0 bridgehead atoms. The van der Waals surface area contributed by atoms with Crippen LogP contribution in [0.5, 0.6) is 5.75 Å². The first-order valence-electron chi connectivity index (χ1n) is 5.53. The fourth-order valence-corrected chi connectivity index (χ4v) is 1.75. The van der Waals surface area contributed by atoms with E-state index in [0.717, 1.165) is 17.7 Å². The number of anilines is 1. The van der Waals surface area contributed by atoms with Crippen molar-refractivity contribution >= 4 is 5.82 Å². The minimum atomic E-state index is 0.607. The molecule has 0 aliphatic heterocycles. The van der Waals surface area contributed by atoms with Crippen LogP contribution in [0.2, 0.25) is 0 Å². The first-order chi connectivity index (χ1) is 8.20. The topological polar surface area (TPSA) is 48.1 Å². The monoisotopic (exact) mass is 228 g/mol. The fraction of sp³-hybridized carbons (Fsp3) is 0.214. The van der Waals surface area contributed by atoms with Crippen LogP contribution in [0.1, 0.15) is 16.7 Å². The van der Waals surface area contributed by atoms with Gasteiger partial charge in [-0.15, -0.1) is 0 Å². The SMILES string of the molecule is COc1ccc(Cc2ccnc(N)c2C)cc1. The van der Waals surface area contributed by atoms with Crippen LogP contribution in [0.15, 0.2) is 36.5 Å². The summed E-state index contributed by atoms with van der Waals surface area (Å²) >= 11 is 0. The number of nitrogens with zero attached hydrogens (tertiary/aromatic N) is 1. The molecule has 0 radical (unpaired) electrons. The molecule has 0 atom stereocenters. The number of aromatic nitrogens is 1. The van der Waals surface area contributed by atoms with E-state index in [2.05, 4.69) is 17.1 Å². The summed E-state index contributed by atoms with van der Waals surface area (Å²) in [5.41, 5.74) is 9.29. The molecule has 0 aliphatic rings. The lowest BCUT2D eigenvalue weighted by Crippen LogP contribution is -1.99. The molecule has 1 aromatic carbocycles. The van der Waals surface area contributed by atoms with Crippen LogP contribution in [-0.4, -0.2) is 12.1 Å². The number of benzene rings is 1. The molecule has 2 rings (SSSR count). The summed E-state index contributed by atoms with van der Waals surface area (Å²) in [6.07, 6.45) is 2.61. The Morgan fingerprint density at radius 2 is 1.88 bits per heavy atom. The lowest BCUT2D eigenvalue weighted by atomic mass is 10.0. The predicted molar refractivity (Wildman–Crippen MR) is 69.2 cm³/mol. The molecule has 1 heterocycles. The Balaban J connectivity index is 2.22. The first-order valence-corrected chi connectivity index (χ1v) is 5.53. The Bertz CT molecular complexity index is 506. The van der Waals surface area contributed by atoms with Crippen molar-refractivity contribution in [2.45, 2.75) is 13.3 Å². The van der Waals surface area contributed by atoms with Gasteiger partial charge in [-0.2, -0.15) is 0 Å². The Labute approximate surface area is 101 Å². The standard InChI is InChI=1S/C14H16N2O/c1-10-12(7-8-16-14(10)15)9-11-3-5-13(17-2)6-4-11/h3-8H,9H2,1-2H3,(H2,15,16). The molecule has 0 saturated heterocycles. The molecule has 0 saturated carbocycles. The smallest absolute Gasteiger partial charge is 0.126 e. The van der Waals surface area contributed by atoms with Gasteiger partial charge in [-0.25, -0.2) is 4.98 Å². The molecule has 3 heteroatoms. The second-order valence-corrected chi connectivity index (χ2v) is 4.01. The van der Waals surface area contributed by atoms with Gasteiger partial charge in [0.05, 0.1) is 7.11 Å². The lowest BCUT2D eigenvalue weighted by Gasteiger charge is -2.08. The van der Waals surface area contributed by atoms with Crippen molar-refractivity contribution in [1.29, 1.82) is 0 Å². The second-order valence-electron chi connectivity index (χ2n) is 4.01. The molecule has 0 fully saturated rings. The maximum absolute atomic E-state index is 5.79. The summed E-state index contributed by atoms with van der Waals surface area (Å²) in [5, 5.41) is 0. The van der Waals surface area contributed by atoms with Crippen molar-refractivity contribution in [1.82, 2.24) is 4.98 Å². The lowest BCUT2D eigenvalue weighted by molar-refractivity contribution is 0.414. The molecule has 0 aliphatic carbocycles. The molecule has 0 amide bonds. The van der Waals surface area contributed by atoms with Crippen LogP contribution in [0, 0.1) is 6.92 Å². The van der Waals surface area contributed by atoms with Crippen molar-refractivity contribution in [3.63, 3.8) is 0 Å². The highest BCUT2D eigenvalue weighted by Crippen LogP contribution is 2.18. The Morgan fingerprint density at radius 1 is 1.18 bits per heavy atom. The van der Waals surface area contributed by atoms with Crippen LogP contribution in [0.25, 0.3) is 0 Å².